The van der Waals surface area contributed by atoms with Gasteiger partial charge in [-0.1, -0.05) is 11.6 Å². The number of benzene rings is 2. The molecule has 4 aromatic rings. The van der Waals surface area contributed by atoms with E-state index in [-0.39, 0.29) is 53.7 Å². The molecule has 176 valence electrons. The summed E-state index contributed by atoms with van der Waals surface area (Å²) in [5, 5.41) is 6.31. The summed E-state index contributed by atoms with van der Waals surface area (Å²) in [6.07, 6.45) is 3.00. The van der Waals surface area contributed by atoms with Crippen molar-refractivity contribution in [2.45, 2.75) is 0 Å². The van der Waals surface area contributed by atoms with Crippen LogP contribution in [0.4, 0.5) is 27.4 Å². The smallest absolute Gasteiger partial charge is 0.259 e. The molecule has 0 fully saturated rings. The van der Waals surface area contributed by atoms with Crippen LogP contribution in [0.25, 0.3) is 0 Å². The van der Waals surface area contributed by atoms with Gasteiger partial charge in [0.1, 0.15) is 17.4 Å². The Morgan fingerprint density at radius 2 is 1.68 bits per heavy atom. The van der Waals surface area contributed by atoms with Gasteiger partial charge in [0.25, 0.3) is 5.91 Å². The third kappa shape index (κ3) is 6.71. The first-order chi connectivity index (χ1) is 15.5. The van der Waals surface area contributed by atoms with Crippen molar-refractivity contribution in [3.63, 3.8) is 0 Å². The topological polar surface area (TPSA) is 102 Å². The fraction of sp³-hybridized carbons (Fsp3) is 0. The Labute approximate surface area is 212 Å². The number of nitrogen functional groups attached to an aromatic ring is 1. The van der Waals surface area contributed by atoms with E-state index >= 15 is 0 Å². The lowest BCUT2D eigenvalue weighted by molar-refractivity contribution is 0.102. The number of ether oxygens (including phenoxy) is 1. The van der Waals surface area contributed by atoms with Gasteiger partial charge in [-0.05, 0) is 54.6 Å². The first kappa shape index (κ1) is 26.7. The molecule has 11 heteroatoms. The second-order valence-electron chi connectivity index (χ2n) is 6.65. The summed E-state index contributed by atoms with van der Waals surface area (Å²) in [5.74, 6) is -0.0623. The molecule has 4 N–H and O–H groups in total. The molecule has 0 bridgehead atoms. The predicted molar refractivity (Wildman–Crippen MR) is 137 cm³/mol. The molecule has 0 atom stereocenters. The average molecular weight is 523 g/mol. The van der Waals surface area contributed by atoms with Crippen LogP contribution < -0.4 is 21.1 Å². The number of nitrogens with two attached hydrogens (primary N) is 1. The summed E-state index contributed by atoms with van der Waals surface area (Å²) in [7, 11) is 0. The van der Waals surface area contributed by atoms with E-state index in [0.717, 1.165) is 0 Å². The van der Waals surface area contributed by atoms with Crippen LogP contribution in [0, 0.1) is 5.82 Å². The van der Waals surface area contributed by atoms with Crippen LogP contribution in [0.5, 0.6) is 11.5 Å². The Balaban J connectivity index is 0.00000204. The number of pyridine rings is 2. The summed E-state index contributed by atoms with van der Waals surface area (Å²) in [4.78, 5) is 20.8. The summed E-state index contributed by atoms with van der Waals surface area (Å²) in [6, 6.07) is 17.4. The van der Waals surface area contributed by atoms with Crippen molar-refractivity contribution in [3.05, 3.63) is 95.5 Å². The third-order valence-electron chi connectivity index (χ3n) is 4.33. The van der Waals surface area contributed by atoms with E-state index in [4.69, 9.17) is 22.1 Å². The minimum atomic E-state index is -0.603. The lowest BCUT2D eigenvalue weighted by Crippen LogP contribution is -2.14. The minimum absolute atomic E-state index is 0. The Morgan fingerprint density at radius 3 is 2.38 bits per heavy atom. The maximum absolute atomic E-state index is 14.6. The number of carbonyl (C=O) groups is 1. The Kier molecular flexibility index (Phi) is 9.44. The molecular weight excluding hydrogens is 504 g/mol. The monoisotopic (exact) mass is 521 g/mol. The van der Waals surface area contributed by atoms with Crippen LogP contribution >= 0.6 is 36.4 Å². The van der Waals surface area contributed by atoms with Gasteiger partial charge in [0.2, 0.25) is 0 Å². The van der Waals surface area contributed by atoms with Gasteiger partial charge in [-0.25, -0.2) is 14.4 Å². The van der Waals surface area contributed by atoms with Gasteiger partial charge in [0.05, 0.1) is 5.56 Å². The van der Waals surface area contributed by atoms with E-state index < -0.39 is 5.82 Å². The fourth-order valence-electron chi connectivity index (χ4n) is 2.84. The van der Waals surface area contributed by atoms with E-state index in [1.165, 1.54) is 30.6 Å². The highest BCUT2D eigenvalue weighted by molar-refractivity contribution is 6.30. The van der Waals surface area contributed by atoms with E-state index in [1.54, 1.807) is 48.5 Å². The zero-order valence-corrected chi connectivity index (χ0v) is 19.8. The molecule has 0 aliphatic carbocycles. The van der Waals surface area contributed by atoms with E-state index in [9.17, 15) is 9.18 Å². The molecular formula is C23H19Cl3FN5O2. The largest absolute Gasteiger partial charge is 0.454 e. The summed E-state index contributed by atoms with van der Waals surface area (Å²) < 4.78 is 20.1. The summed E-state index contributed by atoms with van der Waals surface area (Å²) in [5.41, 5.74) is 6.88. The van der Waals surface area contributed by atoms with Gasteiger partial charge in [-0.15, -0.1) is 24.8 Å². The lowest BCUT2D eigenvalue weighted by Gasteiger charge is -2.13. The van der Waals surface area contributed by atoms with Crippen molar-refractivity contribution in [3.8, 4) is 11.5 Å². The van der Waals surface area contributed by atoms with Crippen molar-refractivity contribution >= 4 is 65.3 Å². The minimum Gasteiger partial charge on any atom is -0.454 e. The number of rotatable bonds is 6. The maximum Gasteiger partial charge on any atom is 0.259 e. The molecule has 4 rings (SSSR count). The van der Waals surface area contributed by atoms with Gasteiger partial charge in [-0.2, -0.15) is 0 Å². The Hall–Kier alpha value is -3.59. The van der Waals surface area contributed by atoms with Crippen LogP contribution in [0.15, 0.2) is 79.1 Å². The number of nitrogens with zero attached hydrogens (tertiary/aromatic N) is 2. The van der Waals surface area contributed by atoms with Crippen molar-refractivity contribution < 1.29 is 13.9 Å². The molecule has 1 amide bonds. The van der Waals surface area contributed by atoms with E-state index in [0.29, 0.717) is 22.1 Å². The van der Waals surface area contributed by atoms with Crippen molar-refractivity contribution in [1.29, 1.82) is 0 Å². The molecule has 2 heterocycles. The van der Waals surface area contributed by atoms with Crippen LogP contribution in [0.2, 0.25) is 5.02 Å². The van der Waals surface area contributed by atoms with Gasteiger partial charge < -0.3 is 21.1 Å². The van der Waals surface area contributed by atoms with Crippen LogP contribution in [0.1, 0.15) is 10.4 Å². The maximum atomic E-state index is 14.6. The SMILES string of the molecule is Cl.Cl.Nc1cc(Oc2ccc(Nc3ncccc3C(=O)Nc3ccc(Cl)cc3)cc2F)ccn1. The fourth-order valence-corrected chi connectivity index (χ4v) is 2.96. The second kappa shape index (κ2) is 12.0. The number of anilines is 4. The van der Waals surface area contributed by atoms with Gasteiger partial charge >= 0.3 is 0 Å². The zero-order valence-electron chi connectivity index (χ0n) is 17.4. The molecule has 2 aromatic heterocycles. The standard InChI is InChI=1S/C23H17ClFN5O2.2ClH/c24-14-3-5-15(6-4-14)30-23(31)18-2-1-10-28-22(18)29-16-7-8-20(19(25)12-16)32-17-9-11-27-21(26)13-17;;/h1-13H,(H2,26,27)(H,28,29)(H,30,31);2*1H. The van der Waals surface area contributed by atoms with Gasteiger partial charge in [0, 0.05) is 40.9 Å². The predicted octanol–water partition coefficient (Wildman–Crippen LogP) is 6.48. The van der Waals surface area contributed by atoms with Gasteiger partial charge in [0.15, 0.2) is 11.6 Å². The number of hydrogen-bond acceptors (Lipinski definition) is 6. The highest BCUT2D eigenvalue weighted by Crippen LogP contribution is 2.29. The van der Waals surface area contributed by atoms with E-state index in [2.05, 4.69) is 20.6 Å². The molecule has 0 spiro atoms. The molecule has 34 heavy (non-hydrogen) atoms. The van der Waals surface area contributed by atoms with Crippen molar-refractivity contribution in [1.82, 2.24) is 9.97 Å². The normalized spacial score (nSPS) is 9.82. The first-order valence-electron chi connectivity index (χ1n) is 9.46. The molecule has 0 aliphatic rings. The number of hydrogen-bond donors (Lipinski definition) is 3. The number of halogens is 4. The molecule has 2 aromatic carbocycles. The molecule has 0 saturated heterocycles. The third-order valence-corrected chi connectivity index (χ3v) is 4.58. The lowest BCUT2D eigenvalue weighted by atomic mass is 10.2. The molecule has 0 radical (unpaired) electrons. The average Bonchev–Trinajstić information content (AvgIpc) is 2.78. The zero-order chi connectivity index (χ0) is 22.5. The number of carbonyl (C=O) groups excluding carboxylic acids is 1. The summed E-state index contributed by atoms with van der Waals surface area (Å²) >= 11 is 5.88. The molecule has 0 saturated carbocycles. The van der Waals surface area contributed by atoms with E-state index in [1.807, 2.05) is 0 Å². The van der Waals surface area contributed by atoms with Crippen LogP contribution in [0.3, 0.4) is 0 Å². The quantitative estimate of drug-likeness (QED) is 0.268. The van der Waals surface area contributed by atoms with Crippen molar-refractivity contribution in [2.75, 3.05) is 16.4 Å². The molecule has 0 unspecified atom stereocenters. The number of nitrogens with one attached hydrogen (secondary N) is 2. The first-order valence-corrected chi connectivity index (χ1v) is 9.83. The number of amides is 1. The number of aromatic nitrogens is 2. The van der Waals surface area contributed by atoms with Crippen LogP contribution in [-0.2, 0) is 0 Å². The Bertz CT molecular complexity index is 1280. The summed E-state index contributed by atoms with van der Waals surface area (Å²) in [6.45, 7) is 0. The molecule has 0 aliphatic heterocycles. The molecule has 7 nitrogen and oxygen atoms in total. The van der Waals surface area contributed by atoms with Gasteiger partial charge in [-0.3, -0.25) is 4.79 Å². The second-order valence-corrected chi connectivity index (χ2v) is 7.09. The van der Waals surface area contributed by atoms with Crippen LogP contribution in [-0.4, -0.2) is 15.9 Å². The Morgan fingerprint density at radius 1 is 0.941 bits per heavy atom. The highest BCUT2D eigenvalue weighted by Gasteiger charge is 2.14. The highest BCUT2D eigenvalue weighted by atomic mass is 35.5. The van der Waals surface area contributed by atoms with Crippen molar-refractivity contribution in [2.24, 2.45) is 0 Å².